The normalized spacial score (nSPS) is 8.14. The molecule has 0 aromatic heterocycles. The maximum atomic E-state index is 8.55. The van der Waals surface area contributed by atoms with Crippen molar-refractivity contribution in [3.05, 3.63) is 0 Å². The van der Waals surface area contributed by atoms with E-state index in [2.05, 4.69) is 0 Å². The van der Waals surface area contributed by atoms with Crippen molar-refractivity contribution < 1.29 is 272 Å². The van der Waals surface area contributed by atoms with Crippen molar-refractivity contribution >= 4 is 31.3 Å². The molecule has 0 aliphatic carbocycles. The summed E-state index contributed by atoms with van der Waals surface area (Å²) in [6.45, 7) is 0. The summed E-state index contributed by atoms with van der Waals surface area (Å²) >= 11 is 0. The fraction of sp³-hybridized carbons (Fsp3) is 0. The fourth-order valence-electron chi connectivity index (χ4n) is 0. The molecule has 0 saturated carbocycles. The molecule has 0 aromatic carbocycles. The van der Waals surface area contributed by atoms with Gasteiger partial charge < -0.3 is 77.0 Å². The Morgan fingerprint density at radius 1 is 0.310 bits per heavy atom. The molecule has 0 spiro atoms. The zero-order chi connectivity index (χ0) is 18.0. The van der Waals surface area contributed by atoms with Crippen LogP contribution in [0.25, 0.3) is 0 Å². The van der Waals surface area contributed by atoms with Crippen LogP contribution in [0.4, 0.5) is 0 Å². The van der Waals surface area contributed by atoms with Crippen LogP contribution >= 0.6 is 31.3 Å². The van der Waals surface area contributed by atoms with E-state index in [1.54, 1.807) is 0 Å². The monoisotopic (exact) mass is 644 g/mol. The van der Waals surface area contributed by atoms with Gasteiger partial charge in [-0.15, -0.1) is 0 Å². The molecule has 0 heterocycles. The summed E-state index contributed by atoms with van der Waals surface area (Å²) < 4.78 is 34.2. The maximum absolute atomic E-state index is 8.55. The Balaban J connectivity index is -0.00000000970. The van der Waals surface area contributed by atoms with E-state index in [-0.39, 0.29) is 195 Å². The maximum Gasteiger partial charge on any atom is 2.00 e. The van der Waals surface area contributed by atoms with E-state index >= 15 is 0 Å². The van der Waals surface area contributed by atoms with Crippen LogP contribution in [-0.4, -0.2) is 0 Å². The van der Waals surface area contributed by atoms with Gasteiger partial charge in [-0.05, 0) is 0 Å². The molecule has 0 rings (SSSR count). The van der Waals surface area contributed by atoms with Crippen molar-refractivity contribution in [2.75, 3.05) is 0 Å². The van der Waals surface area contributed by atoms with Crippen LogP contribution in [0.2, 0.25) is 0 Å². The van der Waals surface area contributed by atoms with Gasteiger partial charge in [0, 0.05) is 0 Å². The molecule has 0 amide bonds. The number of rotatable bonds is 0. The largest absolute Gasteiger partial charge is 2.00 e. The topological polar surface area (TPSA) is 345 Å². The van der Waals surface area contributed by atoms with Gasteiger partial charge in [-0.25, -0.2) is 0 Å². The average Bonchev–Trinajstić information content (AvgIpc) is 1.62. The summed E-state index contributed by atoms with van der Waals surface area (Å²) in [6, 6.07) is 0. The molecule has 0 atom stereocenters. The van der Waals surface area contributed by atoms with Gasteiger partial charge in [0.25, 0.3) is 0 Å². The van der Waals surface area contributed by atoms with Crippen LogP contribution in [0.5, 0.6) is 0 Å². The van der Waals surface area contributed by atoms with Crippen LogP contribution in [0.3, 0.4) is 0 Å². The van der Waals surface area contributed by atoms with Gasteiger partial charge in [-0.2, -0.15) is 31.3 Å². The van der Waals surface area contributed by atoms with Crippen molar-refractivity contribution in [2.45, 2.75) is 0 Å². The summed E-state index contributed by atoms with van der Waals surface area (Å²) in [6.07, 6.45) is 0. The molecule has 152 valence electrons. The van der Waals surface area contributed by atoms with Crippen LogP contribution in [-0.2, 0) is 67.7 Å². The average molecular weight is 646 g/mol. The fourth-order valence-corrected chi connectivity index (χ4v) is 0. The van der Waals surface area contributed by atoms with Crippen LogP contribution in [0.15, 0.2) is 0 Å². The quantitative estimate of drug-likeness (QED) is 0.174. The summed E-state index contributed by atoms with van der Waals surface area (Å²) in [5, 5.41) is 0. The summed E-state index contributed by atoms with van der Waals surface area (Å²) in [4.78, 5) is 103. The Labute approximate surface area is 297 Å². The predicted octanol–water partition coefficient (Wildman–Crippen LogP) is -29.3. The Kier molecular flexibility index (Phi) is 120. The zero-order valence-corrected chi connectivity index (χ0v) is 27.8. The van der Waals surface area contributed by atoms with Gasteiger partial charge in [0.2, 0.25) is 0 Å². The van der Waals surface area contributed by atoms with Gasteiger partial charge in [0.05, 0.1) is 0 Å². The second kappa shape index (κ2) is 41.8. The minimum Gasteiger partial charge on any atom is -0.822 e. The summed E-state index contributed by atoms with van der Waals surface area (Å²) in [5.74, 6) is 0. The van der Waals surface area contributed by atoms with Crippen molar-refractivity contribution in [2.24, 2.45) is 0 Å². The van der Waals surface area contributed by atoms with Gasteiger partial charge in [0.1, 0.15) is 0 Å². The van der Waals surface area contributed by atoms with E-state index in [0.29, 0.717) is 0 Å². The summed E-state index contributed by atoms with van der Waals surface area (Å²) in [5.41, 5.74) is 0. The van der Waals surface area contributed by atoms with Gasteiger partial charge >= 0.3 is 195 Å². The molecule has 16 nitrogen and oxygen atoms in total. The molecule has 29 heteroatoms. The van der Waals surface area contributed by atoms with E-state index in [4.69, 9.17) is 77.0 Å². The molecule has 0 aromatic rings. The molecule has 0 unspecified atom stereocenters. The number of hydrogen-bond acceptors (Lipinski definition) is 16. The molecule has 0 radical (unpaired) electrons. The van der Waals surface area contributed by atoms with Gasteiger partial charge in [0.15, 0.2) is 0 Å². The Morgan fingerprint density at radius 3 is 0.310 bits per heavy atom. The standard InChI is InChI=1S/3Li.3Na.3Ni.4H3O4P/c;;;;;;;;;4*1-5(2,3)4/h;;;;;;;;;4*(H3,1,2,3,4)/q6*+1;3*+2;;;;/p-12. The Morgan fingerprint density at radius 2 is 0.310 bits per heavy atom. The predicted molar refractivity (Wildman–Crippen MR) is 30.4 cm³/mol. The second-order valence-electron chi connectivity index (χ2n) is 1.79. The SMILES string of the molecule is O=P([O-])([O-])[O-].O=P([O-])([O-])[O-].O=P([O-])([O-])[O-].O=P([O-])([O-])[O-].[Li+].[Li+].[Li+].[Na+].[Na+].[Na+].[Ni+2].[Ni+2].[Ni+2]. The third kappa shape index (κ3) is 824. The van der Waals surface area contributed by atoms with E-state index < -0.39 is 31.3 Å². The molecule has 29 heavy (non-hydrogen) atoms. The zero-order valence-electron chi connectivity index (χ0n) is 15.3. The van der Waals surface area contributed by atoms with Gasteiger partial charge in [-0.3, -0.25) is 0 Å². The van der Waals surface area contributed by atoms with Crippen LogP contribution in [0, 0.1) is 0 Å². The first-order valence-electron chi connectivity index (χ1n) is 2.92. The smallest absolute Gasteiger partial charge is 0.822 e. The van der Waals surface area contributed by atoms with Gasteiger partial charge in [-0.1, -0.05) is 0 Å². The molecule has 0 fully saturated rings. The number of hydrogen-bond donors (Lipinski definition) is 0. The third-order valence-electron chi connectivity index (χ3n) is 0. The number of phosphoric acid groups is 4. The first kappa shape index (κ1) is 83.4. The molecule has 0 aliphatic heterocycles. The second-order valence-corrected chi connectivity index (χ2v) is 5.37. The van der Waals surface area contributed by atoms with E-state index in [1.165, 1.54) is 0 Å². The molecule has 0 bridgehead atoms. The first-order valence-corrected chi connectivity index (χ1v) is 8.76. The molecular formula is Li3Na3Ni3O16P4. The van der Waals surface area contributed by atoms with E-state index in [1.807, 2.05) is 0 Å². The van der Waals surface area contributed by atoms with Crippen molar-refractivity contribution in [1.29, 1.82) is 0 Å². The molecule has 0 aliphatic rings. The van der Waals surface area contributed by atoms with E-state index in [0.717, 1.165) is 0 Å². The molecular weight excluding hydrogens is 646 g/mol. The minimum absolute atomic E-state index is 0. The van der Waals surface area contributed by atoms with E-state index in [9.17, 15) is 0 Å². The first-order chi connectivity index (χ1) is 8.00. The van der Waals surface area contributed by atoms with Crippen LogP contribution in [0.1, 0.15) is 0 Å². The minimum atomic E-state index is -5.39. The Hall–Kier alpha value is 6.71. The molecule has 0 saturated heterocycles. The van der Waals surface area contributed by atoms with Crippen molar-refractivity contribution in [3.8, 4) is 0 Å². The van der Waals surface area contributed by atoms with Crippen LogP contribution < -0.4 is 204 Å². The molecule has 0 N–H and O–H groups in total. The van der Waals surface area contributed by atoms with Crippen molar-refractivity contribution in [1.82, 2.24) is 0 Å². The van der Waals surface area contributed by atoms with Crippen molar-refractivity contribution in [3.63, 3.8) is 0 Å². The third-order valence-corrected chi connectivity index (χ3v) is 0. The Bertz CT molecular complexity index is 319. The summed E-state index contributed by atoms with van der Waals surface area (Å²) in [7, 11) is -21.6.